The molecule has 0 saturated heterocycles. The summed E-state index contributed by atoms with van der Waals surface area (Å²) in [5, 5.41) is 23.4. The Bertz CT molecular complexity index is 1280. The molecule has 1 atom stereocenters. The zero-order valence-corrected chi connectivity index (χ0v) is 20.7. The minimum Gasteiger partial charge on any atom is -0.490 e. The highest BCUT2D eigenvalue weighted by atomic mass is 16.5. The van der Waals surface area contributed by atoms with Gasteiger partial charge in [0.2, 0.25) is 5.82 Å². The van der Waals surface area contributed by atoms with Gasteiger partial charge < -0.3 is 14.4 Å². The third-order valence-electron chi connectivity index (χ3n) is 6.06. The molecule has 0 bridgehead atoms. The number of aromatic nitrogens is 2. The van der Waals surface area contributed by atoms with Crippen LogP contribution in [0.1, 0.15) is 51.3 Å². The van der Waals surface area contributed by atoms with E-state index in [1.165, 1.54) is 0 Å². The molecule has 0 radical (unpaired) electrons. The van der Waals surface area contributed by atoms with E-state index in [1.807, 2.05) is 51.7 Å². The molecule has 1 N–H and O–H groups in total. The minimum atomic E-state index is -0.791. The third-order valence-corrected chi connectivity index (χ3v) is 6.06. The lowest BCUT2D eigenvalue weighted by atomic mass is 9.84. The Kier molecular flexibility index (Phi) is 6.64. The fourth-order valence-electron chi connectivity index (χ4n) is 4.57. The van der Waals surface area contributed by atoms with Gasteiger partial charge in [0, 0.05) is 24.2 Å². The van der Waals surface area contributed by atoms with Crippen LogP contribution in [-0.4, -0.2) is 44.8 Å². The van der Waals surface area contributed by atoms with Crippen LogP contribution in [0.3, 0.4) is 0 Å². The van der Waals surface area contributed by atoms with Crippen molar-refractivity contribution in [3.05, 3.63) is 53.1 Å². The van der Waals surface area contributed by atoms with Gasteiger partial charge in [-0.05, 0) is 61.1 Å². The first kappa shape index (κ1) is 24.4. The molecule has 4 rings (SSSR count). The molecule has 1 aromatic heterocycles. The summed E-state index contributed by atoms with van der Waals surface area (Å²) in [6.45, 7) is 11.0. The lowest BCUT2D eigenvalue weighted by Gasteiger charge is -2.39. The fourth-order valence-corrected chi connectivity index (χ4v) is 4.57. The molecule has 1 aliphatic rings. The van der Waals surface area contributed by atoms with Crippen molar-refractivity contribution in [3.63, 3.8) is 0 Å². The molecular weight excluding hydrogens is 444 g/mol. The maximum absolute atomic E-state index is 11.9. The molecule has 182 valence electrons. The second-order valence-electron chi connectivity index (χ2n) is 10.2. The van der Waals surface area contributed by atoms with E-state index in [1.54, 1.807) is 18.2 Å². The molecular formula is C27H30N4O4. The van der Waals surface area contributed by atoms with E-state index in [9.17, 15) is 15.2 Å². The minimum absolute atomic E-state index is 0.0393. The Hall–Kier alpha value is -3.70. The van der Waals surface area contributed by atoms with Gasteiger partial charge in [0.1, 0.15) is 17.9 Å². The zero-order chi connectivity index (χ0) is 25.3. The number of benzene rings is 2. The van der Waals surface area contributed by atoms with Gasteiger partial charge in [0.05, 0.1) is 11.7 Å². The molecule has 0 spiro atoms. The second-order valence-corrected chi connectivity index (χ2v) is 10.2. The highest BCUT2D eigenvalue weighted by Gasteiger charge is 2.37. The molecule has 0 fully saturated rings. The van der Waals surface area contributed by atoms with Crippen LogP contribution < -0.4 is 4.74 Å². The van der Waals surface area contributed by atoms with E-state index in [4.69, 9.17) is 9.26 Å². The number of nitrogens with zero attached hydrogens (tertiary/aromatic N) is 4. The smallest absolute Gasteiger partial charge is 0.321 e. The molecule has 3 aromatic rings. The Morgan fingerprint density at radius 3 is 2.57 bits per heavy atom. The first-order chi connectivity index (χ1) is 16.6. The van der Waals surface area contributed by atoms with Crippen molar-refractivity contribution in [1.82, 2.24) is 15.0 Å². The summed E-state index contributed by atoms with van der Waals surface area (Å²) in [5.41, 5.74) is 3.78. The van der Waals surface area contributed by atoms with Gasteiger partial charge in [0.15, 0.2) is 0 Å². The number of fused-ring (bicyclic) bond motifs is 1. The maximum atomic E-state index is 11.9. The number of hydrogen-bond donors (Lipinski definition) is 1. The summed E-state index contributed by atoms with van der Waals surface area (Å²) in [4.78, 5) is 18.5. The molecule has 8 heteroatoms. The normalized spacial score (nSPS) is 14.9. The van der Waals surface area contributed by atoms with E-state index in [0.717, 1.165) is 23.1 Å². The number of aliphatic carboxylic acids is 1. The molecule has 8 nitrogen and oxygen atoms in total. The Labute approximate surface area is 205 Å². The van der Waals surface area contributed by atoms with Crippen LogP contribution >= 0.6 is 0 Å². The Balaban J connectivity index is 1.56. The van der Waals surface area contributed by atoms with Crippen LogP contribution in [0.5, 0.6) is 5.75 Å². The van der Waals surface area contributed by atoms with E-state index >= 15 is 0 Å². The van der Waals surface area contributed by atoms with Crippen molar-refractivity contribution in [2.24, 2.45) is 5.41 Å². The van der Waals surface area contributed by atoms with E-state index in [2.05, 4.69) is 22.3 Å². The largest absolute Gasteiger partial charge is 0.490 e. The summed E-state index contributed by atoms with van der Waals surface area (Å²) < 4.78 is 11.2. The van der Waals surface area contributed by atoms with Gasteiger partial charge in [-0.25, -0.2) is 0 Å². The summed E-state index contributed by atoms with van der Waals surface area (Å²) in [6, 6.07) is 12.8. The average molecular weight is 475 g/mol. The Morgan fingerprint density at radius 2 is 1.91 bits per heavy atom. The highest BCUT2D eigenvalue weighted by Crippen LogP contribution is 2.32. The zero-order valence-electron chi connectivity index (χ0n) is 20.7. The summed E-state index contributed by atoms with van der Waals surface area (Å²) >= 11 is 0. The molecule has 1 unspecified atom stereocenters. The predicted molar refractivity (Wildman–Crippen MR) is 131 cm³/mol. The molecule has 2 aromatic carbocycles. The van der Waals surface area contributed by atoms with Gasteiger partial charge in [-0.2, -0.15) is 10.2 Å². The molecule has 0 aliphatic carbocycles. The SMILES string of the molecule is CC(C)Oc1ccc(-c2nc(-c3ccc4c(c3)CCN(C(C(=O)O)C(C)(C)C)C4)no2)cc1C#N. The number of nitriles is 1. The maximum Gasteiger partial charge on any atom is 0.321 e. The van der Waals surface area contributed by atoms with Crippen molar-refractivity contribution in [2.45, 2.75) is 59.7 Å². The van der Waals surface area contributed by atoms with Crippen LogP contribution in [0.15, 0.2) is 40.9 Å². The quantitative estimate of drug-likeness (QED) is 0.536. The standard InChI is InChI=1S/C27H30N4O4/c1-16(2)34-22-9-8-19(13-21(22)14-28)25-29-24(30-35-25)18-6-7-20-15-31(11-10-17(20)12-18)23(26(32)33)27(3,4)5/h6-9,12-13,16,23H,10-11,15H2,1-5H3,(H,32,33). The van der Waals surface area contributed by atoms with Gasteiger partial charge in [0.25, 0.3) is 5.89 Å². The van der Waals surface area contributed by atoms with E-state index < -0.39 is 12.0 Å². The van der Waals surface area contributed by atoms with Crippen molar-refractivity contribution in [3.8, 4) is 34.7 Å². The number of carboxylic acids is 1. The topological polar surface area (TPSA) is 112 Å². The van der Waals surface area contributed by atoms with Crippen LogP contribution in [0.25, 0.3) is 22.8 Å². The molecule has 0 amide bonds. The molecule has 2 heterocycles. The number of carbonyl (C=O) groups is 1. The van der Waals surface area contributed by atoms with Gasteiger partial charge >= 0.3 is 5.97 Å². The molecule has 35 heavy (non-hydrogen) atoms. The van der Waals surface area contributed by atoms with Crippen LogP contribution in [0.2, 0.25) is 0 Å². The van der Waals surface area contributed by atoms with Crippen molar-refractivity contribution < 1.29 is 19.2 Å². The van der Waals surface area contributed by atoms with Crippen LogP contribution in [-0.2, 0) is 17.8 Å². The highest BCUT2D eigenvalue weighted by molar-refractivity contribution is 5.74. The van der Waals surface area contributed by atoms with E-state index in [0.29, 0.717) is 41.7 Å². The van der Waals surface area contributed by atoms with Gasteiger partial charge in [-0.1, -0.05) is 38.1 Å². The van der Waals surface area contributed by atoms with Crippen LogP contribution in [0, 0.1) is 16.7 Å². The molecule has 1 aliphatic heterocycles. The lowest BCUT2D eigenvalue weighted by Crippen LogP contribution is -2.51. The second kappa shape index (κ2) is 9.51. The fraction of sp³-hybridized carbons (Fsp3) is 0.407. The summed E-state index contributed by atoms with van der Waals surface area (Å²) in [7, 11) is 0. The predicted octanol–water partition coefficient (Wildman–Crippen LogP) is 4.92. The summed E-state index contributed by atoms with van der Waals surface area (Å²) in [5.74, 6) is 0.516. The first-order valence-corrected chi connectivity index (χ1v) is 11.7. The van der Waals surface area contributed by atoms with Crippen molar-refractivity contribution in [2.75, 3.05) is 6.54 Å². The summed E-state index contributed by atoms with van der Waals surface area (Å²) in [6.07, 6.45) is 0.707. The first-order valence-electron chi connectivity index (χ1n) is 11.7. The third kappa shape index (κ3) is 5.20. The lowest BCUT2D eigenvalue weighted by molar-refractivity contribution is -0.148. The van der Waals surface area contributed by atoms with E-state index in [-0.39, 0.29) is 11.5 Å². The van der Waals surface area contributed by atoms with Crippen molar-refractivity contribution >= 4 is 5.97 Å². The van der Waals surface area contributed by atoms with Gasteiger partial charge in [-0.3, -0.25) is 9.69 Å². The van der Waals surface area contributed by atoms with Crippen molar-refractivity contribution in [1.29, 1.82) is 5.26 Å². The number of hydrogen-bond acceptors (Lipinski definition) is 7. The average Bonchev–Trinajstić information content (AvgIpc) is 3.28. The monoisotopic (exact) mass is 474 g/mol. The number of carboxylic acid groups (broad SMARTS) is 1. The number of ether oxygens (including phenoxy) is 1. The Morgan fingerprint density at radius 1 is 1.17 bits per heavy atom. The number of rotatable bonds is 6. The molecule has 0 saturated carbocycles. The van der Waals surface area contributed by atoms with Gasteiger partial charge in [-0.15, -0.1) is 0 Å². The van der Waals surface area contributed by atoms with Crippen LogP contribution in [0.4, 0.5) is 0 Å².